The van der Waals surface area contributed by atoms with E-state index in [0.717, 1.165) is 37.6 Å². The van der Waals surface area contributed by atoms with Crippen LogP contribution >= 0.6 is 11.6 Å². The molecule has 4 rings (SSSR count). The molecular weight excluding hydrogens is 390 g/mol. The van der Waals surface area contributed by atoms with E-state index < -0.39 is 0 Å². The Balaban J connectivity index is 1.44. The van der Waals surface area contributed by atoms with Crippen molar-refractivity contribution in [3.63, 3.8) is 0 Å². The van der Waals surface area contributed by atoms with E-state index in [1.54, 1.807) is 0 Å². The second kappa shape index (κ2) is 8.65. The normalized spacial score (nSPS) is 17.1. The molecule has 8 nitrogen and oxygen atoms in total. The summed E-state index contributed by atoms with van der Waals surface area (Å²) in [7, 11) is 1.95. The average molecular weight is 414 g/mol. The predicted octanol–water partition coefficient (Wildman–Crippen LogP) is 3.08. The molecule has 0 amide bonds. The zero-order chi connectivity index (χ0) is 20.2. The van der Waals surface area contributed by atoms with Crippen LogP contribution in [0.3, 0.4) is 0 Å². The zero-order valence-electron chi connectivity index (χ0n) is 16.5. The number of aliphatic imine (C=N–C) groups is 1. The molecule has 9 heteroatoms. The van der Waals surface area contributed by atoms with Gasteiger partial charge in [-0.3, -0.25) is 4.68 Å². The van der Waals surface area contributed by atoms with Crippen LogP contribution in [-0.2, 0) is 13.6 Å². The first-order valence-electron chi connectivity index (χ1n) is 9.72. The lowest BCUT2D eigenvalue weighted by atomic mass is 10.0. The number of hydrogen-bond donors (Lipinski definition) is 1. The molecule has 29 heavy (non-hydrogen) atoms. The fraction of sp³-hybridized carbons (Fsp3) is 0.400. The van der Waals surface area contributed by atoms with E-state index in [4.69, 9.17) is 21.1 Å². The van der Waals surface area contributed by atoms with Crippen LogP contribution in [0.5, 0.6) is 0 Å². The lowest BCUT2D eigenvalue weighted by Gasteiger charge is -2.21. The highest BCUT2D eigenvalue weighted by atomic mass is 35.5. The second-order valence-electron chi connectivity index (χ2n) is 7.07. The number of hydrogen-bond acceptors (Lipinski definition) is 5. The molecule has 2 aromatic heterocycles. The fourth-order valence-corrected chi connectivity index (χ4v) is 3.70. The molecule has 0 aliphatic carbocycles. The number of benzene rings is 1. The van der Waals surface area contributed by atoms with E-state index in [1.165, 1.54) is 5.56 Å². The molecule has 3 heterocycles. The Hall–Kier alpha value is -2.87. The summed E-state index contributed by atoms with van der Waals surface area (Å²) in [6.45, 7) is 5.04. The SMILES string of the molecule is CCNC(=NCc1nc(-c2cccc(Cl)c2)no1)N1CCC(c2cnn(C)c2)C1. The summed E-state index contributed by atoms with van der Waals surface area (Å²) < 4.78 is 7.23. The van der Waals surface area contributed by atoms with Gasteiger partial charge in [0.25, 0.3) is 0 Å². The van der Waals surface area contributed by atoms with Crippen LogP contribution in [-0.4, -0.2) is 50.4 Å². The summed E-state index contributed by atoms with van der Waals surface area (Å²) >= 11 is 6.04. The number of aryl methyl sites for hydroxylation is 1. The lowest BCUT2D eigenvalue weighted by molar-refractivity contribution is 0.379. The van der Waals surface area contributed by atoms with Crippen LogP contribution in [0.25, 0.3) is 11.4 Å². The predicted molar refractivity (Wildman–Crippen MR) is 112 cm³/mol. The number of likely N-dealkylation sites (tertiary alicyclic amines) is 1. The van der Waals surface area contributed by atoms with Gasteiger partial charge in [-0.2, -0.15) is 10.1 Å². The van der Waals surface area contributed by atoms with Gasteiger partial charge in [0, 0.05) is 49.4 Å². The third-order valence-electron chi connectivity index (χ3n) is 4.93. The van der Waals surface area contributed by atoms with Crippen molar-refractivity contribution in [2.75, 3.05) is 19.6 Å². The van der Waals surface area contributed by atoms with Gasteiger partial charge >= 0.3 is 0 Å². The van der Waals surface area contributed by atoms with Crippen molar-refractivity contribution in [3.8, 4) is 11.4 Å². The molecule has 1 unspecified atom stereocenters. The van der Waals surface area contributed by atoms with Gasteiger partial charge in [0.05, 0.1) is 6.20 Å². The van der Waals surface area contributed by atoms with Crippen LogP contribution in [0, 0.1) is 0 Å². The van der Waals surface area contributed by atoms with Gasteiger partial charge in [-0.05, 0) is 31.0 Å². The number of nitrogens with zero attached hydrogens (tertiary/aromatic N) is 6. The highest BCUT2D eigenvalue weighted by molar-refractivity contribution is 6.30. The Morgan fingerprint density at radius 1 is 1.41 bits per heavy atom. The van der Waals surface area contributed by atoms with Gasteiger partial charge < -0.3 is 14.7 Å². The van der Waals surface area contributed by atoms with Gasteiger partial charge in [-0.15, -0.1) is 0 Å². The number of nitrogens with one attached hydrogen (secondary N) is 1. The first kappa shape index (κ1) is 19.4. The highest BCUT2D eigenvalue weighted by Gasteiger charge is 2.27. The second-order valence-corrected chi connectivity index (χ2v) is 7.51. The monoisotopic (exact) mass is 413 g/mol. The number of halogens is 1. The van der Waals surface area contributed by atoms with Crippen molar-refractivity contribution < 1.29 is 4.52 Å². The van der Waals surface area contributed by atoms with E-state index in [2.05, 4.69) is 38.6 Å². The summed E-state index contributed by atoms with van der Waals surface area (Å²) in [4.78, 5) is 11.4. The summed E-state index contributed by atoms with van der Waals surface area (Å²) in [6.07, 6.45) is 5.12. The van der Waals surface area contributed by atoms with Gasteiger partial charge in [-0.25, -0.2) is 4.99 Å². The van der Waals surface area contributed by atoms with Crippen molar-refractivity contribution in [2.24, 2.45) is 12.0 Å². The Labute approximate surface area is 174 Å². The smallest absolute Gasteiger partial charge is 0.248 e. The zero-order valence-corrected chi connectivity index (χ0v) is 17.3. The quantitative estimate of drug-likeness (QED) is 0.511. The Morgan fingerprint density at radius 3 is 3.07 bits per heavy atom. The van der Waals surface area contributed by atoms with E-state index in [-0.39, 0.29) is 0 Å². The molecule has 0 bridgehead atoms. The minimum absolute atomic E-state index is 0.323. The Bertz CT molecular complexity index is 996. The first-order valence-corrected chi connectivity index (χ1v) is 10.1. The van der Waals surface area contributed by atoms with E-state index >= 15 is 0 Å². The molecule has 0 spiro atoms. The van der Waals surface area contributed by atoms with Gasteiger partial charge in [0.1, 0.15) is 6.54 Å². The number of guanidine groups is 1. The summed E-state index contributed by atoms with van der Waals surface area (Å²) in [6, 6.07) is 7.39. The minimum Gasteiger partial charge on any atom is -0.357 e. The van der Waals surface area contributed by atoms with E-state index in [1.807, 2.05) is 42.2 Å². The molecular formula is C20H24ClN7O. The van der Waals surface area contributed by atoms with Crippen LogP contribution in [0.15, 0.2) is 46.2 Å². The molecule has 1 fully saturated rings. The van der Waals surface area contributed by atoms with Crippen molar-refractivity contribution in [2.45, 2.75) is 25.8 Å². The molecule has 1 saturated heterocycles. The fourth-order valence-electron chi connectivity index (χ4n) is 3.51. The average Bonchev–Trinajstić information content (AvgIpc) is 3.45. The molecule has 0 radical (unpaired) electrons. The first-order chi connectivity index (χ1) is 14.1. The summed E-state index contributed by atoms with van der Waals surface area (Å²) in [5.41, 5.74) is 2.09. The van der Waals surface area contributed by atoms with E-state index in [9.17, 15) is 0 Å². The van der Waals surface area contributed by atoms with Crippen molar-refractivity contribution in [3.05, 3.63) is 53.1 Å². The third-order valence-corrected chi connectivity index (χ3v) is 5.17. The molecule has 0 saturated carbocycles. The summed E-state index contributed by atoms with van der Waals surface area (Å²) in [5, 5.41) is 12.3. The topological polar surface area (TPSA) is 84.4 Å². The Kier molecular flexibility index (Phi) is 5.80. The molecule has 1 N–H and O–H groups in total. The molecule has 152 valence electrons. The lowest BCUT2D eigenvalue weighted by Crippen LogP contribution is -2.40. The molecule has 1 aliphatic rings. The van der Waals surface area contributed by atoms with E-state index in [0.29, 0.717) is 29.2 Å². The maximum atomic E-state index is 6.04. The maximum absolute atomic E-state index is 6.04. The number of aromatic nitrogens is 4. The summed E-state index contributed by atoms with van der Waals surface area (Å²) in [5.74, 6) is 2.31. The third kappa shape index (κ3) is 4.59. The molecule has 1 aromatic carbocycles. The van der Waals surface area contributed by atoms with Crippen LogP contribution in [0.2, 0.25) is 5.02 Å². The molecule has 1 atom stereocenters. The van der Waals surface area contributed by atoms with Crippen molar-refractivity contribution in [1.29, 1.82) is 0 Å². The standard InChI is InChI=1S/C20H24ClN7O/c1-3-22-20(28-8-7-15(13-28)16-10-24-27(2)12-16)23-11-18-25-19(26-29-18)14-5-4-6-17(21)9-14/h4-6,9-10,12,15H,3,7-8,11,13H2,1-2H3,(H,22,23). The highest BCUT2D eigenvalue weighted by Crippen LogP contribution is 2.27. The van der Waals surface area contributed by atoms with Crippen molar-refractivity contribution >= 4 is 17.6 Å². The maximum Gasteiger partial charge on any atom is 0.248 e. The number of rotatable bonds is 5. The van der Waals surface area contributed by atoms with Crippen LogP contribution in [0.1, 0.15) is 30.7 Å². The van der Waals surface area contributed by atoms with Crippen LogP contribution < -0.4 is 5.32 Å². The van der Waals surface area contributed by atoms with Crippen LogP contribution in [0.4, 0.5) is 0 Å². The van der Waals surface area contributed by atoms with Gasteiger partial charge in [0.15, 0.2) is 5.96 Å². The Morgan fingerprint density at radius 2 is 2.31 bits per heavy atom. The van der Waals surface area contributed by atoms with Crippen molar-refractivity contribution in [1.82, 2.24) is 30.1 Å². The van der Waals surface area contributed by atoms with Gasteiger partial charge in [-0.1, -0.05) is 28.9 Å². The molecule has 1 aliphatic heterocycles. The molecule has 3 aromatic rings. The minimum atomic E-state index is 0.323. The largest absolute Gasteiger partial charge is 0.357 e. The van der Waals surface area contributed by atoms with Gasteiger partial charge in [0.2, 0.25) is 11.7 Å².